The molecule has 19 heavy (non-hydrogen) atoms. The Morgan fingerprint density at radius 2 is 2.26 bits per heavy atom. The molecule has 3 nitrogen and oxygen atoms in total. The normalized spacial score (nSPS) is 19.8. The number of nitrogens with zero attached hydrogens (tertiary/aromatic N) is 1. The van der Waals surface area contributed by atoms with Crippen LogP contribution in [0.4, 0.5) is 0 Å². The number of likely N-dealkylation sites (tertiary alicyclic amines) is 1. The van der Waals surface area contributed by atoms with E-state index < -0.39 is 0 Å². The van der Waals surface area contributed by atoms with Crippen molar-refractivity contribution in [1.29, 1.82) is 0 Å². The SMILES string of the molecule is CCOc1ccc(CN2CCC[C@H](N)C2)cc1Cl.Cl. The second kappa shape index (κ2) is 7.95. The van der Waals surface area contributed by atoms with Crippen molar-refractivity contribution in [2.75, 3.05) is 19.7 Å². The molecule has 0 amide bonds. The quantitative estimate of drug-likeness (QED) is 0.929. The van der Waals surface area contributed by atoms with Gasteiger partial charge in [0.1, 0.15) is 5.75 Å². The Morgan fingerprint density at radius 3 is 2.89 bits per heavy atom. The van der Waals surface area contributed by atoms with Gasteiger partial charge in [-0.15, -0.1) is 12.4 Å². The Kier molecular flexibility index (Phi) is 6.94. The largest absolute Gasteiger partial charge is 0.492 e. The maximum atomic E-state index is 6.19. The summed E-state index contributed by atoms with van der Waals surface area (Å²) in [4.78, 5) is 2.39. The number of ether oxygens (including phenoxy) is 1. The van der Waals surface area contributed by atoms with Crippen molar-refractivity contribution < 1.29 is 4.74 Å². The summed E-state index contributed by atoms with van der Waals surface area (Å²) in [5.41, 5.74) is 7.20. The summed E-state index contributed by atoms with van der Waals surface area (Å²) in [6, 6.07) is 6.34. The maximum absolute atomic E-state index is 6.19. The summed E-state index contributed by atoms with van der Waals surface area (Å²) >= 11 is 6.19. The van der Waals surface area contributed by atoms with Crippen LogP contribution in [0.5, 0.6) is 5.75 Å². The van der Waals surface area contributed by atoms with E-state index in [1.807, 2.05) is 19.1 Å². The zero-order chi connectivity index (χ0) is 13.0. The maximum Gasteiger partial charge on any atom is 0.137 e. The van der Waals surface area contributed by atoms with E-state index in [0.29, 0.717) is 17.7 Å². The molecule has 1 aliphatic heterocycles. The summed E-state index contributed by atoms with van der Waals surface area (Å²) in [6.45, 7) is 5.61. The van der Waals surface area contributed by atoms with Crippen molar-refractivity contribution in [3.05, 3.63) is 28.8 Å². The molecule has 1 aromatic rings. The summed E-state index contributed by atoms with van der Waals surface area (Å²) in [5.74, 6) is 0.762. The van der Waals surface area contributed by atoms with Crippen LogP contribution >= 0.6 is 24.0 Å². The van der Waals surface area contributed by atoms with Gasteiger partial charge in [-0.1, -0.05) is 17.7 Å². The number of nitrogens with two attached hydrogens (primary N) is 1. The lowest BCUT2D eigenvalue weighted by Crippen LogP contribution is -2.42. The van der Waals surface area contributed by atoms with Crippen molar-refractivity contribution >= 4 is 24.0 Å². The van der Waals surface area contributed by atoms with Crippen LogP contribution in [0, 0.1) is 0 Å². The minimum absolute atomic E-state index is 0. The molecular weight excluding hydrogens is 283 g/mol. The van der Waals surface area contributed by atoms with Gasteiger partial charge >= 0.3 is 0 Å². The lowest BCUT2D eigenvalue weighted by atomic mass is 10.1. The van der Waals surface area contributed by atoms with Gasteiger partial charge in [-0.2, -0.15) is 0 Å². The number of benzene rings is 1. The Labute approximate surface area is 126 Å². The second-order valence-electron chi connectivity index (χ2n) is 4.84. The predicted octanol–water partition coefficient (Wildman–Crippen LogP) is 3.08. The van der Waals surface area contributed by atoms with Crippen LogP contribution in [-0.2, 0) is 6.54 Å². The van der Waals surface area contributed by atoms with E-state index >= 15 is 0 Å². The first kappa shape index (κ1) is 16.6. The second-order valence-corrected chi connectivity index (χ2v) is 5.24. The third kappa shape index (κ3) is 4.84. The molecule has 0 spiro atoms. The molecule has 1 aromatic carbocycles. The highest BCUT2D eigenvalue weighted by atomic mass is 35.5. The van der Waals surface area contributed by atoms with Gasteiger partial charge in [0.15, 0.2) is 0 Å². The molecule has 5 heteroatoms. The Hall–Kier alpha value is -0.480. The monoisotopic (exact) mass is 304 g/mol. The average Bonchev–Trinajstić information content (AvgIpc) is 2.33. The fourth-order valence-corrected chi connectivity index (χ4v) is 2.67. The van der Waals surface area contributed by atoms with Crippen LogP contribution in [0.25, 0.3) is 0 Å². The Morgan fingerprint density at radius 1 is 1.47 bits per heavy atom. The molecule has 0 aromatic heterocycles. The van der Waals surface area contributed by atoms with Crippen LogP contribution in [-0.4, -0.2) is 30.6 Å². The Bertz CT molecular complexity index is 401. The highest BCUT2D eigenvalue weighted by Gasteiger charge is 2.16. The molecule has 1 atom stereocenters. The lowest BCUT2D eigenvalue weighted by Gasteiger charge is -2.30. The van der Waals surface area contributed by atoms with Gasteiger partial charge in [0, 0.05) is 19.1 Å². The van der Waals surface area contributed by atoms with Gasteiger partial charge in [-0.3, -0.25) is 4.90 Å². The van der Waals surface area contributed by atoms with Crippen molar-refractivity contribution in [3.63, 3.8) is 0 Å². The molecule has 1 heterocycles. The summed E-state index contributed by atoms with van der Waals surface area (Å²) in [6.07, 6.45) is 2.33. The molecule has 1 fully saturated rings. The molecule has 2 rings (SSSR count). The van der Waals surface area contributed by atoms with Gasteiger partial charge < -0.3 is 10.5 Å². The minimum Gasteiger partial charge on any atom is -0.492 e. The topological polar surface area (TPSA) is 38.5 Å². The first-order valence-corrected chi connectivity index (χ1v) is 6.96. The van der Waals surface area contributed by atoms with Crippen molar-refractivity contribution in [1.82, 2.24) is 4.90 Å². The van der Waals surface area contributed by atoms with Crippen LogP contribution in [0.2, 0.25) is 5.02 Å². The van der Waals surface area contributed by atoms with Gasteiger partial charge in [-0.05, 0) is 44.0 Å². The highest BCUT2D eigenvalue weighted by molar-refractivity contribution is 6.32. The third-order valence-corrected chi connectivity index (χ3v) is 3.54. The summed E-state index contributed by atoms with van der Waals surface area (Å²) in [5, 5.41) is 0.690. The van der Waals surface area contributed by atoms with Gasteiger partial charge in [0.05, 0.1) is 11.6 Å². The third-order valence-electron chi connectivity index (χ3n) is 3.24. The number of halogens is 2. The standard InChI is InChI=1S/C14H21ClN2O.ClH/c1-2-18-14-6-5-11(8-13(14)15)9-17-7-3-4-12(16)10-17;/h5-6,8,12H,2-4,7,9-10,16H2,1H3;1H/t12-;/m0./s1. The molecule has 0 bridgehead atoms. The number of rotatable bonds is 4. The van der Waals surface area contributed by atoms with Crippen LogP contribution in [0.3, 0.4) is 0 Å². The van der Waals surface area contributed by atoms with E-state index in [4.69, 9.17) is 22.1 Å². The number of piperidine rings is 1. The summed E-state index contributed by atoms with van der Waals surface area (Å²) < 4.78 is 5.43. The molecule has 0 saturated carbocycles. The van der Waals surface area contributed by atoms with Crippen molar-refractivity contribution in [2.45, 2.75) is 32.4 Å². The molecule has 1 saturated heterocycles. The average molecular weight is 305 g/mol. The first-order chi connectivity index (χ1) is 8.69. The predicted molar refractivity (Wildman–Crippen MR) is 82.4 cm³/mol. The smallest absolute Gasteiger partial charge is 0.137 e. The fourth-order valence-electron chi connectivity index (χ4n) is 2.41. The lowest BCUT2D eigenvalue weighted by molar-refractivity contribution is 0.201. The van der Waals surface area contributed by atoms with Gasteiger partial charge in [-0.25, -0.2) is 0 Å². The van der Waals surface area contributed by atoms with Crippen LogP contribution in [0.15, 0.2) is 18.2 Å². The van der Waals surface area contributed by atoms with E-state index in [1.165, 1.54) is 12.0 Å². The molecule has 0 aliphatic carbocycles. The van der Waals surface area contributed by atoms with Crippen molar-refractivity contribution in [3.8, 4) is 5.75 Å². The zero-order valence-electron chi connectivity index (χ0n) is 11.3. The highest BCUT2D eigenvalue weighted by Crippen LogP contribution is 2.26. The minimum atomic E-state index is 0. The molecule has 0 unspecified atom stereocenters. The molecule has 1 aliphatic rings. The Balaban J connectivity index is 0.00000180. The van der Waals surface area contributed by atoms with Gasteiger partial charge in [0.25, 0.3) is 0 Å². The van der Waals surface area contributed by atoms with E-state index in [2.05, 4.69) is 11.0 Å². The number of hydrogen-bond acceptors (Lipinski definition) is 3. The summed E-state index contributed by atoms with van der Waals surface area (Å²) in [7, 11) is 0. The first-order valence-electron chi connectivity index (χ1n) is 6.58. The van der Waals surface area contributed by atoms with E-state index in [9.17, 15) is 0 Å². The van der Waals surface area contributed by atoms with Crippen LogP contribution < -0.4 is 10.5 Å². The van der Waals surface area contributed by atoms with Crippen LogP contribution in [0.1, 0.15) is 25.3 Å². The van der Waals surface area contributed by atoms with E-state index in [-0.39, 0.29) is 12.4 Å². The number of hydrogen-bond donors (Lipinski definition) is 1. The van der Waals surface area contributed by atoms with Gasteiger partial charge in [0.2, 0.25) is 0 Å². The molecule has 108 valence electrons. The molecular formula is C14H22Cl2N2O. The van der Waals surface area contributed by atoms with Crippen molar-refractivity contribution in [2.24, 2.45) is 5.73 Å². The van der Waals surface area contributed by atoms with E-state index in [0.717, 1.165) is 31.8 Å². The molecule has 0 radical (unpaired) electrons. The molecule has 2 N–H and O–H groups in total. The van der Waals surface area contributed by atoms with E-state index in [1.54, 1.807) is 0 Å². The fraction of sp³-hybridized carbons (Fsp3) is 0.571. The zero-order valence-corrected chi connectivity index (χ0v) is 12.8.